The maximum absolute atomic E-state index is 11.6. The van der Waals surface area contributed by atoms with E-state index in [2.05, 4.69) is 31.6 Å². The Labute approximate surface area is 231 Å². The largest absolute Gasteiger partial charge is 0.382 e. The van der Waals surface area contributed by atoms with Crippen molar-refractivity contribution in [2.45, 2.75) is 50.9 Å². The number of nitrogens with zero attached hydrogens (tertiary/aromatic N) is 5. The normalized spacial score (nSPS) is 20.4. The predicted molar refractivity (Wildman–Crippen MR) is 147 cm³/mol. The molecule has 0 bridgehead atoms. The van der Waals surface area contributed by atoms with E-state index < -0.39 is 17.9 Å². The van der Waals surface area contributed by atoms with Crippen molar-refractivity contribution < 1.29 is 14.7 Å². The molecule has 1 aromatic heterocycles. The molecule has 206 valence electrons. The van der Waals surface area contributed by atoms with Gasteiger partial charge >= 0.3 is 0 Å². The van der Waals surface area contributed by atoms with Crippen LogP contribution in [0.2, 0.25) is 10.2 Å². The van der Waals surface area contributed by atoms with Crippen molar-refractivity contribution in [1.29, 1.82) is 0 Å². The third-order valence-corrected chi connectivity index (χ3v) is 7.98. The number of benzene rings is 1. The molecule has 1 aromatic carbocycles. The standard InChI is InChI=1S/C25H34Cl2N8O3/c1-2-16-13-34(25-21(27)31-19(23(29)37)22(28)32-25)9-10-35(16)17-5-7-33(8-6-17)12-14-3-4-15(26)11-18(14)20(36)24(30)38/h3-4,11,16-17,20,36H,2,5-10,12-13H2,1H3,(H2,28,32)(H2,29,37)(H2,30,38)/t16-,20+/m0/s1. The van der Waals surface area contributed by atoms with Crippen molar-refractivity contribution in [3.8, 4) is 0 Å². The highest BCUT2D eigenvalue weighted by molar-refractivity contribution is 6.32. The van der Waals surface area contributed by atoms with Gasteiger partial charge in [-0.1, -0.05) is 36.2 Å². The fourth-order valence-electron chi connectivity index (χ4n) is 5.47. The van der Waals surface area contributed by atoms with Gasteiger partial charge in [0.15, 0.2) is 28.6 Å². The second-order valence-corrected chi connectivity index (χ2v) is 10.6. The molecule has 4 rings (SSSR count). The first-order valence-corrected chi connectivity index (χ1v) is 13.5. The highest BCUT2D eigenvalue weighted by Crippen LogP contribution is 2.30. The molecular weight excluding hydrogens is 531 g/mol. The van der Waals surface area contributed by atoms with E-state index in [0.29, 0.717) is 41.6 Å². The molecule has 2 amide bonds. The van der Waals surface area contributed by atoms with Crippen molar-refractivity contribution in [3.05, 3.63) is 45.2 Å². The minimum Gasteiger partial charge on any atom is -0.382 e. The molecule has 2 aromatic rings. The molecule has 2 aliphatic heterocycles. The Balaban J connectivity index is 1.38. The number of carbonyl (C=O) groups is 2. The number of aromatic nitrogens is 2. The van der Waals surface area contributed by atoms with Crippen LogP contribution in [0, 0.1) is 0 Å². The molecule has 0 spiro atoms. The summed E-state index contributed by atoms with van der Waals surface area (Å²) in [6.07, 6.45) is 1.57. The predicted octanol–water partition coefficient (Wildman–Crippen LogP) is 1.55. The third-order valence-electron chi connectivity index (χ3n) is 7.49. The van der Waals surface area contributed by atoms with E-state index in [0.717, 1.165) is 51.0 Å². The lowest BCUT2D eigenvalue weighted by molar-refractivity contribution is -0.126. The Morgan fingerprint density at radius 1 is 1.13 bits per heavy atom. The smallest absolute Gasteiger partial charge is 0.271 e. The van der Waals surface area contributed by atoms with Gasteiger partial charge in [-0.25, -0.2) is 9.97 Å². The zero-order chi connectivity index (χ0) is 27.6. The summed E-state index contributed by atoms with van der Waals surface area (Å²) < 4.78 is 0. The summed E-state index contributed by atoms with van der Waals surface area (Å²) in [6, 6.07) is 5.94. The average molecular weight is 566 g/mol. The molecule has 0 saturated carbocycles. The van der Waals surface area contributed by atoms with Gasteiger partial charge in [0.1, 0.15) is 0 Å². The zero-order valence-corrected chi connectivity index (χ0v) is 22.8. The van der Waals surface area contributed by atoms with Crippen LogP contribution in [0.15, 0.2) is 18.2 Å². The van der Waals surface area contributed by atoms with Gasteiger partial charge in [0, 0.05) is 43.3 Å². The number of hydrogen-bond acceptors (Lipinski definition) is 9. The van der Waals surface area contributed by atoms with Crippen LogP contribution in [-0.4, -0.2) is 81.5 Å². The molecule has 2 atom stereocenters. The van der Waals surface area contributed by atoms with Crippen LogP contribution in [0.3, 0.4) is 0 Å². The Hall–Kier alpha value is -2.70. The average Bonchev–Trinajstić information content (AvgIpc) is 2.90. The van der Waals surface area contributed by atoms with Crippen LogP contribution in [-0.2, 0) is 11.3 Å². The number of hydrogen-bond donors (Lipinski definition) is 4. The first-order valence-electron chi connectivity index (χ1n) is 12.7. The summed E-state index contributed by atoms with van der Waals surface area (Å²) in [5.41, 5.74) is 17.7. The Morgan fingerprint density at radius 2 is 1.84 bits per heavy atom. The maximum atomic E-state index is 11.6. The first kappa shape index (κ1) is 28.3. The van der Waals surface area contributed by atoms with E-state index in [4.69, 9.17) is 40.4 Å². The molecule has 2 fully saturated rings. The van der Waals surface area contributed by atoms with E-state index in [9.17, 15) is 14.7 Å². The van der Waals surface area contributed by atoms with Crippen molar-refractivity contribution in [2.75, 3.05) is 43.4 Å². The third kappa shape index (κ3) is 6.13. The lowest BCUT2D eigenvalue weighted by atomic mass is 9.96. The fraction of sp³-hybridized carbons (Fsp3) is 0.520. The molecule has 38 heavy (non-hydrogen) atoms. The van der Waals surface area contributed by atoms with Crippen molar-refractivity contribution in [1.82, 2.24) is 19.8 Å². The molecule has 3 heterocycles. The molecule has 13 heteroatoms. The van der Waals surface area contributed by atoms with E-state index in [1.807, 2.05) is 6.07 Å². The number of anilines is 2. The number of aliphatic hydroxyl groups excluding tert-OH is 1. The van der Waals surface area contributed by atoms with Crippen LogP contribution in [0.4, 0.5) is 11.6 Å². The van der Waals surface area contributed by atoms with Gasteiger partial charge < -0.3 is 27.2 Å². The molecule has 0 unspecified atom stereocenters. The van der Waals surface area contributed by atoms with Gasteiger partial charge in [-0.3, -0.25) is 19.4 Å². The van der Waals surface area contributed by atoms with Crippen LogP contribution in [0.5, 0.6) is 0 Å². The number of piperazine rings is 1. The number of piperidine rings is 1. The summed E-state index contributed by atoms with van der Waals surface area (Å²) in [7, 11) is 0. The highest BCUT2D eigenvalue weighted by atomic mass is 35.5. The number of amides is 2. The van der Waals surface area contributed by atoms with Gasteiger partial charge in [0.05, 0.1) is 0 Å². The number of nitrogen functional groups attached to an aromatic ring is 1. The van der Waals surface area contributed by atoms with E-state index in [1.165, 1.54) is 0 Å². The van der Waals surface area contributed by atoms with Crippen LogP contribution in [0.25, 0.3) is 0 Å². The molecule has 2 aliphatic rings. The lowest BCUT2D eigenvalue weighted by Gasteiger charge is -2.47. The van der Waals surface area contributed by atoms with E-state index >= 15 is 0 Å². The zero-order valence-electron chi connectivity index (χ0n) is 21.3. The second kappa shape index (κ2) is 12.0. The summed E-state index contributed by atoms with van der Waals surface area (Å²) in [6.45, 7) is 6.82. The summed E-state index contributed by atoms with van der Waals surface area (Å²) >= 11 is 12.4. The molecule has 0 radical (unpaired) electrons. The van der Waals surface area contributed by atoms with Crippen LogP contribution < -0.4 is 22.1 Å². The Kier molecular flexibility index (Phi) is 8.94. The van der Waals surface area contributed by atoms with E-state index in [-0.39, 0.29) is 16.7 Å². The van der Waals surface area contributed by atoms with Gasteiger partial charge in [-0.2, -0.15) is 0 Å². The van der Waals surface area contributed by atoms with E-state index in [1.54, 1.807) is 12.1 Å². The number of rotatable bonds is 8. The summed E-state index contributed by atoms with van der Waals surface area (Å²) in [4.78, 5) is 38.5. The van der Waals surface area contributed by atoms with Gasteiger partial charge in [-0.05, 0) is 55.6 Å². The minimum atomic E-state index is -1.39. The number of likely N-dealkylation sites (tertiary alicyclic amines) is 1. The quantitative estimate of drug-likeness (QED) is 0.371. The fourth-order valence-corrected chi connectivity index (χ4v) is 5.90. The van der Waals surface area contributed by atoms with Crippen LogP contribution >= 0.6 is 23.2 Å². The van der Waals surface area contributed by atoms with Crippen LogP contribution in [0.1, 0.15) is 53.9 Å². The van der Waals surface area contributed by atoms with Gasteiger partial charge in [-0.15, -0.1) is 0 Å². The number of primary amides is 2. The first-order chi connectivity index (χ1) is 18.1. The van der Waals surface area contributed by atoms with Crippen molar-refractivity contribution >= 4 is 46.7 Å². The van der Waals surface area contributed by atoms with Crippen molar-refractivity contribution in [2.24, 2.45) is 11.5 Å². The molecule has 2 saturated heterocycles. The van der Waals surface area contributed by atoms with Gasteiger partial charge in [0.25, 0.3) is 11.8 Å². The van der Waals surface area contributed by atoms with Gasteiger partial charge in [0.2, 0.25) is 0 Å². The van der Waals surface area contributed by atoms with Crippen molar-refractivity contribution in [3.63, 3.8) is 0 Å². The SMILES string of the molecule is CC[C@H]1CN(c2nc(N)c(C(N)=O)nc2Cl)CCN1C1CCN(Cc2ccc(Cl)cc2[C@@H](O)C(N)=O)CC1. The Morgan fingerprint density at radius 3 is 2.47 bits per heavy atom. The monoisotopic (exact) mass is 564 g/mol. The summed E-state index contributed by atoms with van der Waals surface area (Å²) in [5, 5.41) is 10.8. The maximum Gasteiger partial charge on any atom is 0.271 e. The molecule has 11 nitrogen and oxygen atoms in total. The number of nitrogens with two attached hydrogens (primary N) is 3. The number of halogens is 2. The minimum absolute atomic E-state index is 0.0213. The molecule has 0 aliphatic carbocycles. The Bertz CT molecular complexity index is 1190. The highest BCUT2D eigenvalue weighted by Gasteiger charge is 2.34. The second-order valence-electron chi connectivity index (χ2n) is 9.84. The number of carbonyl (C=O) groups excluding carboxylic acids is 2. The topological polar surface area (TPSA) is 168 Å². The summed E-state index contributed by atoms with van der Waals surface area (Å²) in [5.74, 6) is -1.11. The molecular formula is C25H34Cl2N8O3. The molecule has 7 N–H and O–H groups in total. The lowest BCUT2D eigenvalue weighted by Crippen LogP contribution is -2.58. The number of aliphatic hydroxyl groups is 1.